The molecule has 4 nitrogen and oxygen atoms in total. The van der Waals surface area contributed by atoms with Gasteiger partial charge in [-0.25, -0.2) is 4.79 Å². The summed E-state index contributed by atoms with van der Waals surface area (Å²) in [6, 6.07) is 0. The molecule has 0 aromatic heterocycles. The fraction of sp³-hybridized carbons (Fsp3) is 0.571. The molecule has 0 radical (unpaired) electrons. The van der Waals surface area contributed by atoms with Gasteiger partial charge in [0.05, 0.1) is 19.3 Å². The van der Waals surface area contributed by atoms with Crippen LogP contribution in [0.2, 0.25) is 0 Å². The standard InChI is InChI=1S/C7H13NO3/c1-3-10-6(8)5-7(9)11-4-2/h5H,3-4,8H2,1-2H3/b6-5-. The maximum Gasteiger partial charge on any atom is 0.336 e. The molecule has 0 rings (SSSR count). The topological polar surface area (TPSA) is 61.5 Å². The van der Waals surface area contributed by atoms with E-state index in [1.807, 2.05) is 0 Å². The second-order valence-electron chi connectivity index (χ2n) is 1.73. The van der Waals surface area contributed by atoms with E-state index in [2.05, 4.69) is 4.74 Å². The van der Waals surface area contributed by atoms with Crippen LogP contribution < -0.4 is 5.73 Å². The smallest absolute Gasteiger partial charge is 0.336 e. The third-order valence-corrected chi connectivity index (χ3v) is 0.858. The van der Waals surface area contributed by atoms with Crippen LogP contribution in [0.4, 0.5) is 0 Å². The van der Waals surface area contributed by atoms with E-state index in [1.54, 1.807) is 13.8 Å². The maximum atomic E-state index is 10.7. The Morgan fingerprint density at radius 3 is 2.36 bits per heavy atom. The molecule has 0 bridgehead atoms. The van der Waals surface area contributed by atoms with Gasteiger partial charge in [-0.05, 0) is 13.8 Å². The molecule has 0 atom stereocenters. The predicted octanol–water partition coefficient (Wildman–Crippen LogP) is 0.386. The number of rotatable bonds is 4. The second kappa shape index (κ2) is 5.58. The minimum Gasteiger partial charge on any atom is -0.479 e. The van der Waals surface area contributed by atoms with Gasteiger partial charge in [0, 0.05) is 0 Å². The lowest BCUT2D eigenvalue weighted by molar-refractivity contribution is -0.137. The molecular formula is C7H13NO3. The van der Waals surface area contributed by atoms with Gasteiger partial charge in [0.2, 0.25) is 0 Å². The molecule has 2 N–H and O–H groups in total. The van der Waals surface area contributed by atoms with Crippen LogP contribution >= 0.6 is 0 Å². The Morgan fingerprint density at radius 1 is 1.36 bits per heavy atom. The molecule has 64 valence electrons. The molecule has 0 aliphatic heterocycles. The zero-order chi connectivity index (χ0) is 8.69. The molecule has 0 saturated heterocycles. The van der Waals surface area contributed by atoms with Crippen LogP contribution in [-0.4, -0.2) is 19.2 Å². The number of ether oxygens (including phenoxy) is 2. The van der Waals surface area contributed by atoms with Crippen LogP contribution in [0.15, 0.2) is 12.0 Å². The molecule has 0 aliphatic carbocycles. The van der Waals surface area contributed by atoms with Crippen molar-refractivity contribution < 1.29 is 14.3 Å². The number of hydrogen-bond donors (Lipinski definition) is 1. The first-order valence-corrected chi connectivity index (χ1v) is 3.47. The first-order chi connectivity index (χ1) is 5.20. The number of nitrogens with two attached hydrogens (primary N) is 1. The first-order valence-electron chi connectivity index (χ1n) is 3.47. The van der Waals surface area contributed by atoms with E-state index in [0.29, 0.717) is 13.2 Å². The summed E-state index contributed by atoms with van der Waals surface area (Å²) < 4.78 is 9.38. The highest BCUT2D eigenvalue weighted by Crippen LogP contribution is 1.88. The fourth-order valence-corrected chi connectivity index (χ4v) is 0.508. The van der Waals surface area contributed by atoms with Gasteiger partial charge < -0.3 is 15.2 Å². The van der Waals surface area contributed by atoms with Crippen molar-refractivity contribution in [3.05, 3.63) is 12.0 Å². The molecule has 0 aromatic rings. The third-order valence-electron chi connectivity index (χ3n) is 0.858. The molecule has 11 heavy (non-hydrogen) atoms. The molecule has 0 fully saturated rings. The average molecular weight is 159 g/mol. The number of carbonyl (C=O) groups excluding carboxylic acids is 1. The van der Waals surface area contributed by atoms with Crippen molar-refractivity contribution in [1.82, 2.24) is 0 Å². The lowest BCUT2D eigenvalue weighted by Crippen LogP contribution is -2.08. The highest BCUT2D eigenvalue weighted by Gasteiger charge is 1.97. The largest absolute Gasteiger partial charge is 0.479 e. The lowest BCUT2D eigenvalue weighted by atomic mass is 10.6. The van der Waals surface area contributed by atoms with Crippen LogP contribution in [0, 0.1) is 0 Å². The minimum atomic E-state index is -0.474. The summed E-state index contributed by atoms with van der Waals surface area (Å²) in [5, 5.41) is 0. The molecule has 0 spiro atoms. The summed E-state index contributed by atoms with van der Waals surface area (Å²) in [6.45, 7) is 4.30. The van der Waals surface area contributed by atoms with E-state index in [0.717, 1.165) is 6.08 Å². The Kier molecular flexibility index (Phi) is 4.98. The van der Waals surface area contributed by atoms with Crippen molar-refractivity contribution in [2.24, 2.45) is 5.73 Å². The minimum absolute atomic E-state index is 0.0888. The van der Waals surface area contributed by atoms with Crippen molar-refractivity contribution in [3.8, 4) is 0 Å². The van der Waals surface area contributed by atoms with Crippen molar-refractivity contribution >= 4 is 5.97 Å². The molecule has 4 heteroatoms. The van der Waals surface area contributed by atoms with Crippen molar-refractivity contribution in [2.45, 2.75) is 13.8 Å². The SMILES string of the molecule is CCOC(=O)/C=C(/N)OCC. The Labute approximate surface area is 66.0 Å². The molecule has 0 aliphatic rings. The zero-order valence-electron chi connectivity index (χ0n) is 6.79. The summed E-state index contributed by atoms with van der Waals surface area (Å²) >= 11 is 0. The van der Waals surface area contributed by atoms with Crippen molar-refractivity contribution in [3.63, 3.8) is 0 Å². The molecule has 0 amide bonds. The fourth-order valence-electron chi connectivity index (χ4n) is 0.508. The molecular weight excluding hydrogens is 146 g/mol. The molecule has 0 unspecified atom stereocenters. The Hall–Kier alpha value is -1.19. The monoisotopic (exact) mass is 159 g/mol. The van der Waals surface area contributed by atoms with Crippen LogP contribution in [0.1, 0.15) is 13.8 Å². The van der Waals surface area contributed by atoms with Crippen molar-refractivity contribution in [1.29, 1.82) is 0 Å². The van der Waals surface area contributed by atoms with E-state index < -0.39 is 5.97 Å². The van der Waals surface area contributed by atoms with E-state index in [1.165, 1.54) is 0 Å². The lowest BCUT2D eigenvalue weighted by Gasteiger charge is -2.01. The average Bonchev–Trinajstić information content (AvgIpc) is 1.87. The molecule has 0 aromatic carbocycles. The van der Waals surface area contributed by atoms with E-state index in [9.17, 15) is 4.79 Å². The molecule has 0 saturated carbocycles. The van der Waals surface area contributed by atoms with Crippen LogP contribution in [0.3, 0.4) is 0 Å². The van der Waals surface area contributed by atoms with Gasteiger partial charge in [0.25, 0.3) is 0 Å². The number of hydrogen-bond acceptors (Lipinski definition) is 4. The van der Waals surface area contributed by atoms with Gasteiger partial charge in [0.1, 0.15) is 0 Å². The summed E-state index contributed by atoms with van der Waals surface area (Å²) in [7, 11) is 0. The maximum absolute atomic E-state index is 10.7. The Morgan fingerprint density at radius 2 is 1.91 bits per heavy atom. The Bertz CT molecular complexity index is 154. The number of carbonyl (C=O) groups is 1. The normalized spacial score (nSPS) is 10.9. The highest BCUT2D eigenvalue weighted by molar-refractivity contribution is 5.82. The summed E-state index contributed by atoms with van der Waals surface area (Å²) in [4.78, 5) is 10.7. The second-order valence-corrected chi connectivity index (χ2v) is 1.73. The van der Waals surface area contributed by atoms with Gasteiger partial charge >= 0.3 is 5.97 Å². The van der Waals surface area contributed by atoms with Crippen LogP contribution in [0.25, 0.3) is 0 Å². The third kappa shape index (κ3) is 5.26. The Balaban J connectivity index is 3.76. The number of esters is 1. The van der Waals surface area contributed by atoms with Gasteiger partial charge in [-0.2, -0.15) is 0 Å². The molecule has 0 heterocycles. The van der Waals surface area contributed by atoms with Gasteiger partial charge in [-0.1, -0.05) is 0 Å². The summed E-state index contributed by atoms with van der Waals surface area (Å²) in [5.74, 6) is -0.385. The summed E-state index contributed by atoms with van der Waals surface area (Å²) in [5.41, 5.74) is 5.25. The van der Waals surface area contributed by atoms with Crippen molar-refractivity contribution in [2.75, 3.05) is 13.2 Å². The van der Waals surface area contributed by atoms with E-state index >= 15 is 0 Å². The zero-order valence-corrected chi connectivity index (χ0v) is 6.79. The van der Waals surface area contributed by atoms with Crippen LogP contribution in [0.5, 0.6) is 0 Å². The van der Waals surface area contributed by atoms with Crippen LogP contribution in [-0.2, 0) is 14.3 Å². The quantitative estimate of drug-likeness (QED) is 0.366. The van der Waals surface area contributed by atoms with Gasteiger partial charge in [-0.15, -0.1) is 0 Å². The van der Waals surface area contributed by atoms with E-state index in [4.69, 9.17) is 10.5 Å². The first kappa shape index (κ1) is 9.81. The van der Waals surface area contributed by atoms with E-state index in [-0.39, 0.29) is 5.88 Å². The van der Waals surface area contributed by atoms with Gasteiger partial charge in [-0.3, -0.25) is 0 Å². The summed E-state index contributed by atoms with van der Waals surface area (Å²) in [6.07, 6.45) is 1.12. The highest BCUT2D eigenvalue weighted by atomic mass is 16.5. The predicted molar refractivity (Wildman–Crippen MR) is 40.5 cm³/mol. The van der Waals surface area contributed by atoms with Gasteiger partial charge in [0.15, 0.2) is 5.88 Å².